The third kappa shape index (κ3) is 14.3. The molecule has 0 aliphatic carbocycles. The Bertz CT molecular complexity index is 366. The van der Waals surface area contributed by atoms with Crippen LogP contribution in [0.4, 0.5) is 0 Å². The van der Waals surface area contributed by atoms with Crippen molar-refractivity contribution < 1.29 is 17.3 Å². The summed E-state index contributed by atoms with van der Waals surface area (Å²) in [4.78, 5) is 1.73. The van der Waals surface area contributed by atoms with Crippen molar-refractivity contribution in [3.05, 3.63) is 35.9 Å². The molecule has 0 aromatic heterocycles. The van der Waals surface area contributed by atoms with Gasteiger partial charge in [0.25, 0.3) is 0 Å². The lowest BCUT2D eigenvalue weighted by atomic mass is 10.1. The Labute approximate surface area is 164 Å². The number of unbranched alkanes of at least 4 members (excludes halogenated alkanes) is 11. The zero-order chi connectivity index (χ0) is 17.3. The van der Waals surface area contributed by atoms with Gasteiger partial charge in [-0.2, -0.15) is 0 Å². The molecule has 1 unspecified atom stereocenters. The Kier molecular flexibility index (Phi) is 17.9. The first-order valence-electron chi connectivity index (χ1n) is 10.7. The molecule has 0 saturated heterocycles. The molecule has 0 bridgehead atoms. The number of halogens is 1. The first kappa shape index (κ1) is 24.5. The van der Waals surface area contributed by atoms with Crippen molar-refractivity contribution in [2.45, 2.75) is 97.4 Å². The van der Waals surface area contributed by atoms with Crippen LogP contribution < -0.4 is 17.3 Å². The van der Waals surface area contributed by atoms with Crippen molar-refractivity contribution in [1.29, 1.82) is 0 Å². The first-order chi connectivity index (χ1) is 11.9. The molecular weight excluding hydrogens is 326 g/mol. The molecular formula is C23H42ClN. The predicted octanol–water partition coefficient (Wildman–Crippen LogP) is 2.80. The summed E-state index contributed by atoms with van der Waals surface area (Å²) in [5, 5.41) is 0. The molecule has 25 heavy (non-hydrogen) atoms. The second kappa shape index (κ2) is 18.3. The number of nitrogens with one attached hydrogen (secondary N) is 1. The molecule has 1 aromatic rings. The highest BCUT2D eigenvalue weighted by Gasteiger charge is 2.06. The minimum absolute atomic E-state index is 0. The highest BCUT2D eigenvalue weighted by molar-refractivity contribution is 5.13. The van der Waals surface area contributed by atoms with Crippen molar-refractivity contribution in [2.75, 3.05) is 13.1 Å². The molecule has 146 valence electrons. The van der Waals surface area contributed by atoms with E-state index in [1.54, 1.807) is 4.90 Å². The maximum atomic E-state index is 2.32. The molecule has 0 amide bonds. The van der Waals surface area contributed by atoms with E-state index in [4.69, 9.17) is 0 Å². The second-order valence-electron chi connectivity index (χ2n) is 7.41. The van der Waals surface area contributed by atoms with Crippen LogP contribution in [0.5, 0.6) is 0 Å². The molecule has 0 radical (unpaired) electrons. The van der Waals surface area contributed by atoms with E-state index in [9.17, 15) is 0 Å². The molecule has 2 heteroatoms. The van der Waals surface area contributed by atoms with E-state index in [0.717, 1.165) is 0 Å². The maximum absolute atomic E-state index is 2.32. The molecule has 0 aliphatic heterocycles. The van der Waals surface area contributed by atoms with Gasteiger partial charge in [0.15, 0.2) is 0 Å². The SMILES string of the molecule is CCCCCCCCCCCCCC[NH+](CC)Cc1ccccc1.[Cl-]. The van der Waals surface area contributed by atoms with Crippen LogP contribution in [0.2, 0.25) is 0 Å². The number of benzene rings is 1. The van der Waals surface area contributed by atoms with Gasteiger partial charge in [0.05, 0.1) is 13.1 Å². The fourth-order valence-corrected chi connectivity index (χ4v) is 3.49. The van der Waals surface area contributed by atoms with Gasteiger partial charge in [-0.3, -0.25) is 0 Å². The monoisotopic (exact) mass is 367 g/mol. The summed E-state index contributed by atoms with van der Waals surface area (Å²) in [6.07, 6.45) is 17.3. The highest BCUT2D eigenvalue weighted by Crippen LogP contribution is 2.11. The topological polar surface area (TPSA) is 4.44 Å². The van der Waals surface area contributed by atoms with Crippen LogP contribution in [-0.2, 0) is 6.54 Å². The normalized spacial score (nSPS) is 11.9. The van der Waals surface area contributed by atoms with Gasteiger partial charge in [0, 0.05) is 5.56 Å². The van der Waals surface area contributed by atoms with Crippen LogP contribution in [0.1, 0.15) is 96.5 Å². The van der Waals surface area contributed by atoms with Crippen LogP contribution in [0.3, 0.4) is 0 Å². The van der Waals surface area contributed by atoms with Gasteiger partial charge in [-0.15, -0.1) is 0 Å². The smallest absolute Gasteiger partial charge is 0.103 e. The van der Waals surface area contributed by atoms with Gasteiger partial charge in [-0.25, -0.2) is 0 Å². The van der Waals surface area contributed by atoms with Crippen molar-refractivity contribution in [3.63, 3.8) is 0 Å². The Hall–Kier alpha value is -0.530. The van der Waals surface area contributed by atoms with Crippen molar-refractivity contribution in [3.8, 4) is 0 Å². The Morgan fingerprint density at radius 1 is 0.640 bits per heavy atom. The summed E-state index contributed by atoms with van der Waals surface area (Å²) < 4.78 is 0. The molecule has 0 saturated carbocycles. The van der Waals surface area contributed by atoms with Gasteiger partial charge in [-0.1, -0.05) is 101 Å². The molecule has 0 spiro atoms. The molecule has 1 aromatic carbocycles. The third-order valence-electron chi connectivity index (χ3n) is 5.18. The predicted molar refractivity (Wildman–Crippen MR) is 108 cm³/mol. The summed E-state index contributed by atoms with van der Waals surface area (Å²) in [6.45, 7) is 8.38. The lowest BCUT2D eigenvalue weighted by Gasteiger charge is -2.17. The van der Waals surface area contributed by atoms with Crippen LogP contribution in [0, 0.1) is 0 Å². The first-order valence-corrected chi connectivity index (χ1v) is 10.7. The Balaban J connectivity index is 0.00000576. The number of rotatable bonds is 16. The fourth-order valence-electron chi connectivity index (χ4n) is 3.49. The van der Waals surface area contributed by atoms with E-state index < -0.39 is 0 Å². The Morgan fingerprint density at radius 3 is 1.60 bits per heavy atom. The van der Waals surface area contributed by atoms with E-state index in [1.807, 2.05) is 0 Å². The number of hydrogen-bond donors (Lipinski definition) is 1. The van der Waals surface area contributed by atoms with Crippen LogP contribution in [0.15, 0.2) is 30.3 Å². The van der Waals surface area contributed by atoms with Gasteiger partial charge in [-0.05, 0) is 19.8 Å². The number of hydrogen-bond acceptors (Lipinski definition) is 0. The standard InChI is InChI=1S/C23H41N.ClH/c1-3-5-6-7-8-9-10-11-12-13-14-18-21-24(4-2)22-23-19-16-15-17-20-23;/h15-17,19-20H,3-14,18,21-22H2,1-2H3;1H. The third-order valence-corrected chi connectivity index (χ3v) is 5.18. The quantitative estimate of drug-likeness (QED) is 0.428. The highest BCUT2D eigenvalue weighted by atomic mass is 35.5. The van der Waals surface area contributed by atoms with E-state index >= 15 is 0 Å². The average molecular weight is 368 g/mol. The minimum atomic E-state index is 0. The van der Waals surface area contributed by atoms with E-state index in [0.29, 0.717) is 0 Å². The molecule has 1 rings (SSSR count). The van der Waals surface area contributed by atoms with Gasteiger partial charge in [0.2, 0.25) is 0 Å². The summed E-state index contributed by atoms with van der Waals surface area (Å²) in [7, 11) is 0. The second-order valence-corrected chi connectivity index (χ2v) is 7.41. The van der Waals surface area contributed by atoms with Crippen LogP contribution in [-0.4, -0.2) is 13.1 Å². The molecule has 0 aliphatic rings. The lowest BCUT2D eigenvalue weighted by Crippen LogP contribution is -3.10. The summed E-state index contributed by atoms with van der Waals surface area (Å²) in [5.74, 6) is 0. The van der Waals surface area contributed by atoms with Crippen molar-refractivity contribution in [2.24, 2.45) is 0 Å². The largest absolute Gasteiger partial charge is 1.00 e. The van der Waals surface area contributed by atoms with E-state index in [2.05, 4.69) is 44.2 Å². The zero-order valence-corrected chi connectivity index (χ0v) is 17.6. The minimum Gasteiger partial charge on any atom is -1.00 e. The summed E-state index contributed by atoms with van der Waals surface area (Å²) in [6, 6.07) is 11.0. The Morgan fingerprint density at radius 2 is 1.12 bits per heavy atom. The summed E-state index contributed by atoms with van der Waals surface area (Å²) in [5.41, 5.74) is 1.48. The average Bonchev–Trinajstić information content (AvgIpc) is 2.62. The number of quaternary nitrogens is 1. The van der Waals surface area contributed by atoms with Gasteiger partial charge in [0.1, 0.15) is 6.54 Å². The maximum Gasteiger partial charge on any atom is 0.103 e. The summed E-state index contributed by atoms with van der Waals surface area (Å²) >= 11 is 0. The zero-order valence-electron chi connectivity index (χ0n) is 16.9. The molecule has 0 heterocycles. The van der Waals surface area contributed by atoms with Gasteiger partial charge < -0.3 is 17.3 Å². The van der Waals surface area contributed by atoms with Crippen molar-refractivity contribution in [1.82, 2.24) is 0 Å². The molecule has 0 fully saturated rings. The van der Waals surface area contributed by atoms with Gasteiger partial charge >= 0.3 is 0 Å². The molecule has 1 N–H and O–H groups in total. The molecule has 1 nitrogen and oxygen atoms in total. The van der Waals surface area contributed by atoms with Crippen LogP contribution >= 0.6 is 0 Å². The van der Waals surface area contributed by atoms with E-state index in [1.165, 1.54) is 102 Å². The van der Waals surface area contributed by atoms with Crippen molar-refractivity contribution >= 4 is 0 Å². The fraction of sp³-hybridized carbons (Fsp3) is 0.739. The molecule has 1 atom stereocenters. The van der Waals surface area contributed by atoms with E-state index in [-0.39, 0.29) is 12.4 Å². The lowest BCUT2D eigenvalue weighted by molar-refractivity contribution is -0.912. The van der Waals surface area contributed by atoms with Crippen LogP contribution in [0.25, 0.3) is 0 Å².